The van der Waals surface area contributed by atoms with E-state index < -0.39 is 0 Å². The minimum atomic E-state index is -0.312. The molecule has 7 heteroatoms. The van der Waals surface area contributed by atoms with E-state index in [-0.39, 0.29) is 11.7 Å². The number of para-hydroxylation sites is 1. The maximum Gasteiger partial charge on any atom is 0.254 e. The number of rotatable bonds is 5. The van der Waals surface area contributed by atoms with Gasteiger partial charge in [0.15, 0.2) is 0 Å². The standard InChI is InChI=1S/C21H16FN5O/c22-17-8-6-14(7-9-17)11-24-20(28)16-12-25-21(26-13-16)27-18-5-1-3-15-4-2-10-23-19(15)18/h1-10,12-13H,11H2,(H,24,28)(H,25,26,27). The fraction of sp³-hybridized carbons (Fsp3) is 0.0476. The van der Waals surface area contributed by atoms with E-state index in [4.69, 9.17) is 0 Å². The van der Waals surface area contributed by atoms with E-state index >= 15 is 0 Å². The quantitative estimate of drug-likeness (QED) is 0.556. The molecule has 0 fully saturated rings. The predicted molar refractivity (Wildman–Crippen MR) is 105 cm³/mol. The highest BCUT2D eigenvalue weighted by Gasteiger charge is 2.08. The van der Waals surface area contributed by atoms with E-state index in [9.17, 15) is 9.18 Å². The van der Waals surface area contributed by atoms with Gasteiger partial charge in [-0.25, -0.2) is 14.4 Å². The smallest absolute Gasteiger partial charge is 0.254 e. The molecule has 2 N–H and O–H groups in total. The lowest BCUT2D eigenvalue weighted by atomic mass is 10.2. The number of carbonyl (C=O) groups excluding carboxylic acids is 1. The van der Waals surface area contributed by atoms with E-state index in [1.807, 2.05) is 30.3 Å². The van der Waals surface area contributed by atoms with E-state index in [1.165, 1.54) is 24.5 Å². The molecule has 0 saturated carbocycles. The maximum absolute atomic E-state index is 12.9. The molecule has 0 radical (unpaired) electrons. The third-order valence-electron chi connectivity index (χ3n) is 4.16. The summed E-state index contributed by atoms with van der Waals surface area (Å²) in [7, 11) is 0. The van der Waals surface area contributed by atoms with Crippen LogP contribution >= 0.6 is 0 Å². The van der Waals surface area contributed by atoms with Crippen molar-refractivity contribution in [1.82, 2.24) is 20.3 Å². The van der Waals surface area contributed by atoms with Crippen LogP contribution in [0.1, 0.15) is 15.9 Å². The lowest BCUT2D eigenvalue weighted by molar-refractivity contribution is 0.0950. The van der Waals surface area contributed by atoms with Gasteiger partial charge in [-0.1, -0.05) is 30.3 Å². The highest BCUT2D eigenvalue weighted by Crippen LogP contribution is 2.22. The summed E-state index contributed by atoms with van der Waals surface area (Å²) >= 11 is 0. The number of hydrogen-bond acceptors (Lipinski definition) is 5. The second kappa shape index (κ2) is 7.79. The molecular weight excluding hydrogens is 357 g/mol. The van der Waals surface area contributed by atoms with Crippen LogP contribution < -0.4 is 10.6 Å². The molecule has 1 amide bonds. The molecule has 6 nitrogen and oxygen atoms in total. The third-order valence-corrected chi connectivity index (χ3v) is 4.16. The largest absolute Gasteiger partial charge is 0.348 e. The van der Waals surface area contributed by atoms with Gasteiger partial charge in [-0.2, -0.15) is 0 Å². The Balaban J connectivity index is 1.43. The molecule has 28 heavy (non-hydrogen) atoms. The first kappa shape index (κ1) is 17.5. The molecule has 0 aliphatic carbocycles. The molecule has 4 aromatic rings. The van der Waals surface area contributed by atoms with Gasteiger partial charge in [0.05, 0.1) is 16.8 Å². The number of pyridine rings is 1. The number of halogens is 1. The van der Waals surface area contributed by atoms with Gasteiger partial charge < -0.3 is 10.6 Å². The lowest BCUT2D eigenvalue weighted by Crippen LogP contribution is -2.23. The zero-order valence-electron chi connectivity index (χ0n) is 14.8. The van der Waals surface area contributed by atoms with Gasteiger partial charge in [0.25, 0.3) is 5.91 Å². The summed E-state index contributed by atoms with van der Waals surface area (Å²) in [6.45, 7) is 0.292. The topological polar surface area (TPSA) is 79.8 Å². The molecule has 0 aliphatic rings. The zero-order chi connectivity index (χ0) is 19.3. The molecule has 0 atom stereocenters. The third kappa shape index (κ3) is 3.93. The Morgan fingerprint density at radius 1 is 0.929 bits per heavy atom. The Bertz CT molecular complexity index is 1110. The first-order chi connectivity index (χ1) is 13.7. The van der Waals surface area contributed by atoms with Crippen LogP contribution in [0.3, 0.4) is 0 Å². The molecule has 0 unspecified atom stereocenters. The van der Waals surface area contributed by atoms with Crippen LogP contribution in [0.25, 0.3) is 10.9 Å². The Hall–Kier alpha value is -3.87. The summed E-state index contributed by atoms with van der Waals surface area (Å²) < 4.78 is 12.9. The number of hydrogen-bond donors (Lipinski definition) is 2. The Kier molecular flexibility index (Phi) is 4.88. The monoisotopic (exact) mass is 373 g/mol. The van der Waals surface area contributed by atoms with Gasteiger partial charge in [-0.3, -0.25) is 9.78 Å². The molecule has 2 aromatic carbocycles. The van der Waals surface area contributed by atoms with Crippen LogP contribution in [0, 0.1) is 5.82 Å². The number of aromatic nitrogens is 3. The van der Waals surface area contributed by atoms with Gasteiger partial charge in [0.1, 0.15) is 5.82 Å². The molecule has 138 valence electrons. The fourth-order valence-corrected chi connectivity index (χ4v) is 2.72. The number of amides is 1. The summed E-state index contributed by atoms with van der Waals surface area (Å²) in [5, 5.41) is 6.88. The lowest BCUT2D eigenvalue weighted by Gasteiger charge is -2.08. The van der Waals surface area contributed by atoms with Gasteiger partial charge in [-0.05, 0) is 29.8 Å². The molecular formula is C21H16FN5O. The highest BCUT2D eigenvalue weighted by molar-refractivity contribution is 5.94. The van der Waals surface area contributed by atoms with Crippen molar-refractivity contribution in [3.63, 3.8) is 0 Å². The molecule has 0 spiro atoms. The second-order valence-corrected chi connectivity index (χ2v) is 6.11. The van der Waals surface area contributed by atoms with Crippen molar-refractivity contribution in [1.29, 1.82) is 0 Å². The number of nitrogens with one attached hydrogen (secondary N) is 2. The first-order valence-corrected chi connectivity index (χ1v) is 8.64. The summed E-state index contributed by atoms with van der Waals surface area (Å²) in [6, 6.07) is 15.6. The van der Waals surface area contributed by atoms with Crippen molar-refractivity contribution < 1.29 is 9.18 Å². The van der Waals surface area contributed by atoms with Gasteiger partial charge in [0, 0.05) is 30.5 Å². The van der Waals surface area contributed by atoms with Gasteiger partial charge in [0.2, 0.25) is 5.95 Å². The normalized spacial score (nSPS) is 10.6. The van der Waals surface area contributed by atoms with Crippen molar-refractivity contribution in [2.45, 2.75) is 6.54 Å². The summed E-state index contributed by atoms with van der Waals surface area (Å²) in [4.78, 5) is 25.0. The van der Waals surface area contributed by atoms with E-state index in [0.29, 0.717) is 18.1 Å². The SMILES string of the molecule is O=C(NCc1ccc(F)cc1)c1cnc(Nc2cccc3cccnc23)nc1. The minimum Gasteiger partial charge on any atom is -0.348 e. The van der Waals surface area contributed by atoms with E-state index in [0.717, 1.165) is 22.2 Å². The molecule has 2 aromatic heterocycles. The number of anilines is 2. The number of carbonyl (C=O) groups is 1. The molecule has 2 heterocycles. The Morgan fingerprint density at radius 2 is 1.68 bits per heavy atom. The van der Waals surface area contributed by atoms with Crippen molar-refractivity contribution in [3.8, 4) is 0 Å². The van der Waals surface area contributed by atoms with E-state index in [2.05, 4.69) is 25.6 Å². The molecule has 0 aliphatic heterocycles. The first-order valence-electron chi connectivity index (χ1n) is 8.64. The average Bonchev–Trinajstić information content (AvgIpc) is 2.74. The average molecular weight is 373 g/mol. The summed E-state index contributed by atoms with van der Waals surface area (Å²) in [6.07, 6.45) is 4.63. The van der Waals surface area contributed by atoms with Crippen molar-refractivity contribution in [3.05, 3.63) is 90.1 Å². The van der Waals surface area contributed by atoms with Crippen LogP contribution in [-0.2, 0) is 6.54 Å². The number of fused-ring (bicyclic) bond motifs is 1. The zero-order valence-corrected chi connectivity index (χ0v) is 14.8. The van der Waals surface area contributed by atoms with E-state index in [1.54, 1.807) is 18.3 Å². The van der Waals surface area contributed by atoms with Crippen LogP contribution in [0.5, 0.6) is 0 Å². The van der Waals surface area contributed by atoms with Crippen molar-refractivity contribution in [2.24, 2.45) is 0 Å². The predicted octanol–water partition coefficient (Wildman–Crippen LogP) is 3.84. The Labute approximate surface area is 160 Å². The maximum atomic E-state index is 12.9. The van der Waals surface area contributed by atoms with Gasteiger partial charge in [-0.15, -0.1) is 0 Å². The van der Waals surface area contributed by atoms with Crippen LogP contribution in [0.2, 0.25) is 0 Å². The Morgan fingerprint density at radius 3 is 2.46 bits per heavy atom. The van der Waals surface area contributed by atoms with Crippen LogP contribution in [0.15, 0.2) is 73.2 Å². The van der Waals surface area contributed by atoms with Crippen molar-refractivity contribution in [2.75, 3.05) is 5.32 Å². The van der Waals surface area contributed by atoms with Crippen LogP contribution in [-0.4, -0.2) is 20.9 Å². The molecule has 0 bridgehead atoms. The summed E-state index contributed by atoms with van der Waals surface area (Å²) in [5.74, 6) is -0.246. The second-order valence-electron chi connectivity index (χ2n) is 6.11. The molecule has 0 saturated heterocycles. The van der Waals surface area contributed by atoms with Gasteiger partial charge >= 0.3 is 0 Å². The van der Waals surface area contributed by atoms with Crippen molar-refractivity contribution >= 4 is 28.4 Å². The highest BCUT2D eigenvalue weighted by atomic mass is 19.1. The number of benzene rings is 2. The van der Waals surface area contributed by atoms with Crippen LogP contribution in [0.4, 0.5) is 16.0 Å². The molecule has 4 rings (SSSR count). The fourth-order valence-electron chi connectivity index (χ4n) is 2.72. The number of nitrogens with zero attached hydrogens (tertiary/aromatic N) is 3. The minimum absolute atomic E-state index is 0.292. The summed E-state index contributed by atoms with van der Waals surface area (Å²) in [5.41, 5.74) is 2.74.